The second-order valence-electron chi connectivity index (χ2n) is 5.17. The molecule has 0 heterocycles. The summed E-state index contributed by atoms with van der Waals surface area (Å²) < 4.78 is 0. The minimum absolute atomic E-state index is 0.0199. The smallest absolute Gasteiger partial charge is 0.224 e. The van der Waals surface area contributed by atoms with Crippen molar-refractivity contribution >= 4 is 11.6 Å². The van der Waals surface area contributed by atoms with E-state index in [0.29, 0.717) is 18.9 Å². The Bertz CT molecular complexity index is 384. The average molecular weight is 278 g/mol. The molecule has 1 amide bonds. The maximum absolute atomic E-state index is 11.9. The van der Waals surface area contributed by atoms with Crippen molar-refractivity contribution in [3.05, 3.63) is 29.8 Å². The first kappa shape index (κ1) is 16.7. The molecule has 4 N–H and O–H groups in total. The van der Waals surface area contributed by atoms with Crippen LogP contribution in [0.3, 0.4) is 0 Å². The van der Waals surface area contributed by atoms with Crippen LogP contribution in [0.15, 0.2) is 24.3 Å². The highest BCUT2D eigenvalue weighted by atomic mass is 16.3. The highest BCUT2D eigenvalue weighted by Gasteiger charge is 2.10. The highest BCUT2D eigenvalue weighted by Crippen LogP contribution is 2.18. The van der Waals surface area contributed by atoms with Crippen LogP contribution in [0.2, 0.25) is 0 Å². The summed E-state index contributed by atoms with van der Waals surface area (Å²) >= 11 is 0. The molecule has 0 saturated carbocycles. The maximum atomic E-state index is 11.9. The first-order valence-electron chi connectivity index (χ1n) is 7.39. The number of aliphatic hydroxyl groups is 1. The van der Waals surface area contributed by atoms with E-state index in [-0.39, 0.29) is 12.5 Å². The third kappa shape index (κ3) is 6.17. The molecule has 0 radical (unpaired) electrons. The van der Waals surface area contributed by atoms with E-state index in [9.17, 15) is 4.79 Å². The van der Waals surface area contributed by atoms with Crippen LogP contribution < -0.4 is 11.1 Å². The molecule has 1 atom stereocenters. The van der Waals surface area contributed by atoms with Crippen LogP contribution in [-0.2, 0) is 11.4 Å². The summed E-state index contributed by atoms with van der Waals surface area (Å²) in [5.41, 5.74) is 7.21. The number of hydrogen-bond acceptors (Lipinski definition) is 3. The number of carbonyl (C=O) groups excluding carboxylic acids is 1. The molecule has 0 aliphatic rings. The lowest BCUT2D eigenvalue weighted by Crippen LogP contribution is -2.15. The van der Waals surface area contributed by atoms with E-state index in [1.54, 1.807) is 0 Å². The van der Waals surface area contributed by atoms with E-state index in [4.69, 9.17) is 10.8 Å². The largest absolute Gasteiger partial charge is 0.392 e. The van der Waals surface area contributed by atoms with Gasteiger partial charge in [0.15, 0.2) is 0 Å². The van der Waals surface area contributed by atoms with Gasteiger partial charge in [0.25, 0.3) is 0 Å². The summed E-state index contributed by atoms with van der Waals surface area (Å²) in [5.74, 6) is 0.590. The fraction of sp³-hybridized carbons (Fsp3) is 0.562. The number of hydrogen-bond donors (Lipinski definition) is 3. The molecule has 1 aromatic rings. The van der Waals surface area contributed by atoms with Crippen LogP contribution in [0, 0.1) is 5.92 Å². The predicted molar refractivity (Wildman–Crippen MR) is 82.3 cm³/mol. The molecule has 112 valence electrons. The molecule has 0 spiro atoms. The van der Waals surface area contributed by atoms with Gasteiger partial charge in [-0.15, -0.1) is 0 Å². The lowest BCUT2D eigenvalue weighted by molar-refractivity contribution is -0.116. The molecule has 0 fully saturated rings. The standard InChI is InChI=1S/C16H26N2O2/c1-2-3-13(10-11-17)6-9-16(20)18-15-7-4-14(12-19)5-8-15/h4-5,7-8,13,19H,2-3,6,9-12,17H2,1H3,(H,18,20). The number of anilines is 1. The SMILES string of the molecule is CCCC(CCN)CCC(=O)Nc1ccc(CO)cc1. The van der Waals surface area contributed by atoms with Crippen LogP contribution in [0.4, 0.5) is 5.69 Å². The minimum atomic E-state index is 0.0199. The molecular weight excluding hydrogens is 252 g/mol. The normalized spacial score (nSPS) is 12.2. The highest BCUT2D eigenvalue weighted by molar-refractivity contribution is 5.90. The van der Waals surface area contributed by atoms with Crippen molar-refractivity contribution in [1.29, 1.82) is 0 Å². The Balaban J connectivity index is 2.38. The van der Waals surface area contributed by atoms with Gasteiger partial charge in [-0.05, 0) is 43.0 Å². The fourth-order valence-electron chi connectivity index (χ4n) is 2.33. The van der Waals surface area contributed by atoms with Crippen molar-refractivity contribution in [2.45, 2.75) is 45.6 Å². The Labute approximate surface area is 121 Å². The second kappa shape index (κ2) is 9.50. The quantitative estimate of drug-likeness (QED) is 0.650. The van der Waals surface area contributed by atoms with Crippen LogP contribution >= 0.6 is 0 Å². The van der Waals surface area contributed by atoms with Gasteiger partial charge in [0.1, 0.15) is 0 Å². The Morgan fingerprint density at radius 1 is 1.25 bits per heavy atom. The van der Waals surface area contributed by atoms with E-state index in [1.807, 2.05) is 24.3 Å². The van der Waals surface area contributed by atoms with Gasteiger partial charge in [0, 0.05) is 12.1 Å². The lowest BCUT2D eigenvalue weighted by Gasteiger charge is -2.14. The molecule has 4 heteroatoms. The molecule has 0 aliphatic carbocycles. The summed E-state index contributed by atoms with van der Waals surface area (Å²) in [6.07, 6.45) is 4.69. The monoisotopic (exact) mass is 278 g/mol. The first-order valence-corrected chi connectivity index (χ1v) is 7.39. The van der Waals surface area contributed by atoms with Crippen LogP contribution in [0.25, 0.3) is 0 Å². The third-order valence-corrected chi connectivity index (χ3v) is 3.47. The number of nitrogens with two attached hydrogens (primary N) is 1. The van der Waals surface area contributed by atoms with E-state index >= 15 is 0 Å². The molecule has 0 bridgehead atoms. The molecule has 0 aliphatic heterocycles. The maximum Gasteiger partial charge on any atom is 0.224 e. The number of benzene rings is 1. The Morgan fingerprint density at radius 3 is 2.50 bits per heavy atom. The second-order valence-corrected chi connectivity index (χ2v) is 5.17. The Hall–Kier alpha value is -1.39. The first-order chi connectivity index (χ1) is 9.69. The topological polar surface area (TPSA) is 75.4 Å². The van der Waals surface area contributed by atoms with E-state index < -0.39 is 0 Å². The number of aliphatic hydroxyl groups excluding tert-OH is 1. The van der Waals surface area contributed by atoms with Gasteiger partial charge >= 0.3 is 0 Å². The van der Waals surface area contributed by atoms with Gasteiger partial charge in [0.05, 0.1) is 6.61 Å². The van der Waals surface area contributed by atoms with E-state index in [0.717, 1.165) is 36.9 Å². The number of rotatable bonds is 9. The summed E-state index contributed by atoms with van der Waals surface area (Å²) in [4.78, 5) is 11.9. The summed E-state index contributed by atoms with van der Waals surface area (Å²) in [6.45, 7) is 2.87. The molecule has 1 unspecified atom stereocenters. The third-order valence-electron chi connectivity index (χ3n) is 3.47. The minimum Gasteiger partial charge on any atom is -0.392 e. The van der Waals surface area contributed by atoms with Crippen LogP contribution in [-0.4, -0.2) is 17.6 Å². The van der Waals surface area contributed by atoms with Crippen LogP contribution in [0.5, 0.6) is 0 Å². The number of nitrogens with one attached hydrogen (secondary N) is 1. The van der Waals surface area contributed by atoms with Gasteiger partial charge in [-0.3, -0.25) is 4.79 Å². The van der Waals surface area contributed by atoms with Crippen molar-refractivity contribution in [2.75, 3.05) is 11.9 Å². The van der Waals surface area contributed by atoms with E-state index in [1.165, 1.54) is 0 Å². The molecule has 20 heavy (non-hydrogen) atoms. The zero-order valence-electron chi connectivity index (χ0n) is 12.3. The van der Waals surface area contributed by atoms with Gasteiger partial charge in [-0.2, -0.15) is 0 Å². The molecule has 1 rings (SSSR count). The molecule has 4 nitrogen and oxygen atoms in total. The van der Waals surface area contributed by atoms with E-state index in [2.05, 4.69) is 12.2 Å². The van der Waals surface area contributed by atoms with Crippen molar-refractivity contribution in [1.82, 2.24) is 0 Å². The number of amides is 1. The van der Waals surface area contributed by atoms with Crippen molar-refractivity contribution in [3.63, 3.8) is 0 Å². The van der Waals surface area contributed by atoms with Crippen LogP contribution in [0.1, 0.15) is 44.6 Å². The summed E-state index contributed by atoms with van der Waals surface area (Å²) in [6, 6.07) is 7.24. The Kier molecular flexibility index (Phi) is 7.92. The molecular formula is C16H26N2O2. The van der Waals surface area contributed by atoms with Gasteiger partial charge < -0.3 is 16.2 Å². The molecule has 0 aromatic heterocycles. The van der Waals surface area contributed by atoms with Gasteiger partial charge in [-0.1, -0.05) is 31.9 Å². The Morgan fingerprint density at radius 2 is 1.95 bits per heavy atom. The van der Waals surface area contributed by atoms with Gasteiger partial charge in [0.2, 0.25) is 5.91 Å². The number of carbonyl (C=O) groups is 1. The van der Waals surface area contributed by atoms with Gasteiger partial charge in [-0.25, -0.2) is 0 Å². The van der Waals surface area contributed by atoms with Crippen molar-refractivity contribution in [2.24, 2.45) is 11.7 Å². The van der Waals surface area contributed by atoms with Crippen molar-refractivity contribution < 1.29 is 9.90 Å². The summed E-state index contributed by atoms with van der Waals surface area (Å²) in [7, 11) is 0. The molecule has 1 aromatic carbocycles. The average Bonchev–Trinajstić information content (AvgIpc) is 2.46. The summed E-state index contributed by atoms with van der Waals surface area (Å²) in [5, 5.41) is 11.8. The zero-order chi connectivity index (χ0) is 14.8. The lowest BCUT2D eigenvalue weighted by atomic mass is 9.94. The molecule has 0 saturated heterocycles. The predicted octanol–water partition coefficient (Wildman–Crippen LogP) is 2.66. The van der Waals surface area contributed by atoms with Crippen molar-refractivity contribution in [3.8, 4) is 0 Å². The fourth-order valence-corrected chi connectivity index (χ4v) is 2.33. The zero-order valence-corrected chi connectivity index (χ0v) is 12.3.